The van der Waals surface area contributed by atoms with Crippen LogP contribution in [0.3, 0.4) is 0 Å². The Morgan fingerprint density at radius 1 is 0.912 bits per heavy atom. The van der Waals surface area contributed by atoms with E-state index in [1.807, 2.05) is 0 Å². The summed E-state index contributed by atoms with van der Waals surface area (Å²) in [5.74, 6) is -1.69. The number of hydrogen-bond donors (Lipinski definition) is 5. The molecule has 2 aromatic rings. The number of carbonyl (C=O) groups is 3. The number of carbonyl (C=O) groups excluding carboxylic acids is 3. The maximum absolute atomic E-state index is 11.8. The molecular formula is C25H30O9. The third-order valence-electron chi connectivity index (χ3n) is 4.87. The summed E-state index contributed by atoms with van der Waals surface area (Å²) in [6.45, 7) is 1.82. The first-order valence-electron chi connectivity index (χ1n) is 10.6. The molecule has 0 bridgehead atoms. The zero-order chi connectivity index (χ0) is 25.5. The van der Waals surface area contributed by atoms with E-state index in [9.17, 15) is 24.6 Å². The molecule has 2 aromatic carbocycles. The van der Waals surface area contributed by atoms with E-state index in [2.05, 4.69) is 0 Å². The molecular weight excluding hydrogens is 444 g/mol. The number of aliphatic hydroxyl groups excluding tert-OH is 1. The molecule has 0 radical (unpaired) electrons. The van der Waals surface area contributed by atoms with Crippen LogP contribution in [0.5, 0.6) is 23.0 Å². The van der Waals surface area contributed by atoms with Gasteiger partial charge in [-0.1, -0.05) is 18.2 Å². The van der Waals surface area contributed by atoms with Crippen LogP contribution in [0.15, 0.2) is 48.0 Å². The molecule has 9 heteroatoms. The van der Waals surface area contributed by atoms with Crippen LogP contribution < -0.4 is 0 Å². The van der Waals surface area contributed by atoms with E-state index < -0.39 is 11.9 Å². The molecule has 5 N–H and O–H groups in total. The predicted molar refractivity (Wildman–Crippen MR) is 124 cm³/mol. The quantitative estimate of drug-likeness (QED) is 0.143. The molecule has 0 aliphatic rings. The van der Waals surface area contributed by atoms with E-state index in [0.29, 0.717) is 36.6 Å². The monoisotopic (exact) mass is 474 g/mol. The van der Waals surface area contributed by atoms with Crippen LogP contribution in [0, 0.1) is 5.92 Å². The van der Waals surface area contributed by atoms with Crippen molar-refractivity contribution in [1.82, 2.24) is 0 Å². The highest BCUT2D eigenvalue weighted by Crippen LogP contribution is 2.26. The number of aromatic hydroxyl groups is 4. The lowest BCUT2D eigenvalue weighted by Crippen LogP contribution is -2.16. The normalized spacial score (nSPS) is 11.6. The molecule has 0 saturated carbocycles. The number of benzene rings is 2. The van der Waals surface area contributed by atoms with Crippen molar-refractivity contribution in [2.24, 2.45) is 5.92 Å². The second-order valence-corrected chi connectivity index (χ2v) is 7.30. The number of esters is 1. The molecule has 0 saturated heterocycles. The number of aliphatic hydroxyl groups is 1. The molecule has 0 heterocycles. The molecule has 0 aromatic heterocycles. The molecule has 1 atom stereocenters. The number of allylic oxidation sites excluding steroid dienone is 2. The summed E-state index contributed by atoms with van der Waals surface area (Å²) in [4.78, 5) is 33.4. The first-order chi connectivity index (χ1) is 16.2. The summed E-state index contributed by atoms with van der Waals surface area (Å²) in [6, 6.07) is 8.86. The third kappa shape index (κ3) is 9.74. The summed E-state index contributed by atoms with van der Waals surface area (Å²) < 4.78 is 5.09. The Labute approximate surface area is 197 Å². The van der Waals surface area contributed by atoms with Gasteiger partial charge in [-0.2, -0.15) is 0 Å². The fraction of sp³-hybridized carbons (Fsp3) is 0.320. The zero-order valence-corrected chi connectivity index (χ0v) is 18.9. The highest BCUT2D eigenvalue weighted by atomic mass is 16.5. The fourth-order valence-corrected chi connectivity index (χ4v) is 2.97. The van der Waals surface area contributed by atoms with Crippen molar-refractivity contribution in [2.75, 3.05) is 13.2 Å². The van der Waals surface area contributed by atoms with Crippen LogP contribution in [-0.4, -0.2) is 57.3 Å². The molecule has 0 aliphatic heterocycles. The average molecular weight is 475 g/mol. The number of hydrogen-bond acceptors (Lipinski definition) is 9. The number of ether oxygens (including phenoxy) is 1. The van der Waals surface area contributed by atoms with Gasteiger partial charge in [-0.25, -0.2) is 0 Å². The Kier molecular flexibility index (Phi) is 12.5. The van der Waals surface area contributed by atoms with Crippen molar-refractivity contribution in [3.05, 3.63) is 59.2 Å². The summed E-state index contributed by atoms with van der Waals surface area (Å²) in [6.07, 6.45) is 3.80. The van der Waals surface area contributed by atoms with Crippen molar-refractivity contribution in [3.63, 3.8) is 0 Å². The molecule has 0 amide bonds. The topological polar surface area (TPSA) is 162 Å². The lowest BCUT2D eigenvalue weighted by Gasteiger charge is -2.13. The van der Waals surface area contributed by atoms with Gasteiger partial charge in [-0.05, 0) is 54.3 Å². The van der Waals surface area contributed by atoms with Gasteiger partial charge < -0.3 is 35.1 Å². The molecule has 0 aliphatic carbocycles. The molecule has 34 heavy (non-hydrogen) atoms. The Morgan fingerprint density at radius 2 is 1.47 bits per heavy atom. The molecule has 184 valence electrons. The standard InChI is InChI=1S/C17H20O6.C8H10O3/c1-2-13(11-19)14(5-7-18)10-17(22)23-8-6-12-3-4-15(20)16(21)9-12;9-4-3-6-1-2-7(10)8(11)5-6/h2-4,7,9,11,14,20-21H,5-6,8,10H2,1H3;1-2,5,9-11H,3-4H2/b13-2+;. The zero-order valence-electron chi connectivity index (χ0n) is 18.9. The van der Waals surface area contributed by atoms with E-state index >= 15 is 0 Å². The minimum Gasteiger partial charge on any atom is -0.504 e. The van der Waals surface area contributed by atoms with Gasteiger partial charge in [0.2, 0.25) is 0 Å². The van der Waals surface area contributed by atoms with E-state index in [-0.39, 0.29) is 49.1 Å². The van der Waals surface area contributed by atoms with Gasteiger partial charge in [0.05, 0.1) is 13.0 Å². The second kappa shape index (κ2) is 15.1. The Hall–Kier alpha value is -3.85. The molecule has 0 fully saturated rings. The van der Waals surface area contributed by atoms with Gasteiger partial charge in [0, 0.05) is 25.4 Å². The van der Waals surface area contributed by atoms with Crippen molar-refractivity contribution in [1.29, 1.82) is 0 Å². The smallest absolute Gasteiger partial charge is 0.306 e. The van der Waals surface area contributed by atoms with E-state index in [0.717, 1.165) is 5.56 Å². The van der Waals surface area contributed by atoms with E-state index in [1.54, 1.807) is 25.1 Å². The van der Waals surface area contributed by atoms with Crippen LogP contribution in [-0.2, 0) is 32.0 Å². The van der Waals surface area contributed by atoms with Crippen LogP contribution in [0.4, 0.5) is 0 Å². The van der Waals surface area contributed by atoms with Crippen molar-refractivity contribution >= 4 is 18.5 Å². The summed E-state index contributed by atoms with van der Waals surface area (Å²) in [5.41, 5.74) is 1.92. The summed E-state index contributed by atoms with van der Waals surface area (Å²) in [5, 5.41) is 45.0. The second-order valence-electron chi connectivity index (χ2n) is 7.30. The van der Waals surface area contributed by atoms with Crippen LogP contribution >= 0.6 is 0 Å². The highest BCUT2D eigenvalue weighted by Gasteiger charge is 2.18. The minimum absolute atomic E-state index is 0.0437. The Balaban J connectivity index is 0.000000437. The summed E-state index contributed by atoms with van der Waals surface area (Å²) >= 11 is 0. The predicted octanol–water partition coefficient (Wildman–Crippen LogP) is 2.56. The van der Waals surface area contributed by atoms with Gasteiger partial charge in [0.15, 0.2) is 23.0 Å². The SMILES string of the molecule is C/C=C(\C=O)C(CC=O)CC(=O)OCCc1ccc(O)c(O)c1.OCCc1ccc(O)c(O)c1. The average Bonchev–Trinajstić information content (AvgIpc) is 2.80. The number of phenolic OH excluding ortho intramolecular Hbond substituents is 4. The molecule has 1 unspecified atom stereocenters. The number of phenols is 4. The van der Waals surface area contributed by atoms with Crippen molar-refractivity contribution in [2.45, 2.75) is 32.6 Å². The van der Waals surface area contributed by atoms with Gasteiger partial charge in [-0.15, -0.1) is 0 Å². The van der Waals surface area contributed by atoms with Crippen LogP contribution in [0.2, 0.25) is 0 Å². The minimum atomic E-state index is -0.499. The number of rotatable bonds is 11. The largest absolute Gasteiger partial charge is 0.504 e. The molecule has 2 rings (SSSR count). The fourth-order valence-electron chi connectivity index (χ4n) is 2.97. The van der Waals surface area contributed by atoms with Crippen LogP contribution in [0.25, 0.3) is 0 Å². The first-order valence-corrected chi connectivity index (χ1v) is 10.6. The lowest BCUT2D eigenvalue weighted by molar-refractivity contribution is -0.144. The summed E-state index contributed by atoms with van der Waals surface area (Å²) in [7, 11) is 0. The highest BCUT2D eigenvalue weighted by molar-refractivity contribution is 5.78. The molecule has 0 spiro atoms. The number of aldehydes is 2. The Bertz CT molecular complexity index is 982. The van der Waals surface area contributed by atoms with Gasteiger partial charge in [0.1, 0.15) is 12.6 Å². The maximum atomic E-state index is 11.8. The maximum Gasteiger partial charge on any atom is 0.306 e. The van der Waals surface area contributed by atoms with Crippen molar-refractivity contribution < 1.29 is 44.7 Å². The van der Waals surface area contributed by atoms with E-state index in [4.69, 9.17) is 20.1 Å². The van der Waals surface area contributed by atoms with Gasteiger partial charge in [0.25, 0.3) is 0 Å². The van der Waals surface area contributed by atoms with Gasteiger partial charge >= 0.3 is 5.97 Å². The molecule has 9 nitrogen and oxygen atoms in total. The van der Waals surface area contributed by atoms with Crippen LogP contribution in [0.1, 0.15) is 30.9 Å². The first kappa shape index (κ1) is 28.2. The van der Waals surface area contributed by atoms with E-state index in [1.165, 1.54) is 24.3 Å². The Morgan fingerprint density at radius 3 is 1.91 bits per heavy atom. The van der Waals surface area contributed by atoms with Crippen molar-refractivity contribution in [3.8, 4) is 23.0 Å². The third-order valence-corrected chi connectivity index (χ3v) is 4.87. The van der Waals surface area contributed by atoms with Gasteiger partial charge in [-0.3, -0.25) is 9.59 Å². The lowest BCUT2D eigenvalue weighted by atomic mass is 9.93.